The Bertz CT molecular complexity index is 3760. The zero-order valence-electron chi connectivity index (χ0n) is 43.3. The molecule has 0 aliphatic rings. The summed E-state index contributed by atoms with van der Waals surface area (Å²) in [6.07, 6.45) is 0. The van der Waals surface area contributed by atoms with Gasteiger partial charge in [-0.25, -0.2) is 0 Å². The van der Waals surface area contributed by atoms with E-state index < -0.39 is 24.2 Å². The summed E-state index contributed by atoms with van der Waals surface area (Å²) in [5.74, 6) is 0. The Balaban J connectivity index is 1.09. The van der Waals surface area contributed by atoms with Crippen molar-refractivity contribution in [3.05, 3.63) is 273 Å². The molecule has 0 saturated carbocycles. The van der Waals surface area contributed by atoms with Gasteiger partial charge in [-0.05, 0) is 155 Å². The van der Waals surface area contributed by atoms with Gasteiger partial charge in [0.2, 0.25) is 0 Å². The van der Waals surface area contributed by atoms with Crippen molar-refractivity contribution in [2.75, 3.05) is 4.90 Å². The van der Waals surface area contributed by atoms with Gasteiger partial charge in [0.05, 0.1) is 11.0 Å². The Kier molecular flexibility index (Phi) is 8.53. The molecule has 1 heteroatoms. The van der Waals surface area contributed by atoms with Crippen LogP contribution in [0.15, 0.2) is 273 Å². The average molecular weight is 836 g/mol. The normalized spacial score (nSPS) is 12.8. The predicted octanol–water partition coefficient (Wildman–Crippen LogP) is 18.0. The summed E-state index contributed by atoms with van der Waals surface area (Å²) in [5.41, 5.74) is 10.2. The molecule has 0 saturated heterocycles. The third-order valence-corrected chi connectivity index (χ3v) is 11.8. The molecule has 11 aromatic rings. The van der Waals surface area contributed by atoms with Crippen molar-refractivity contribution < 1.29 is 11.0 Å². The van der Waals surface area contributed by atoms with Crippen molar-refractivity contribution in [1.29, 1.82) is 0 Å². The molecule has 65 heavy (non-hydrogen) atoms. The van der Waals surface area contributed by atoms with E-state index in [1.54, 1.807) is 18.2 Å². The molecule has 0 spiro atoms. The molecular weight excluding hydrogens is 783 g/mol. The highest BCUT2D eigenvalue weighted by atomic mass is 15.1. The lowest BCUT2D eigenvalue weighted by Gasteiger charge is -2.26. The van der Waals surface area contributed by atoms with Crippen LogP contribution in [0.2, 0.25) is 0 Å². The van der Waals surface area contributed by atoms with E-state index in [-0.39, 0.29) is 46.7 Å². The molecule has 0 unspecified atom stereocenters. The second-order valence-electron chi connectivity index (χ2n) is 15.9. The highest BCUT2D eigenvalue weighted by Gasteiger charge is 2.16. The minimum absolute atomic E-state index is 0.0864. The minimum Gasteiger partial charge on any atom is -0.311 e. The van der Waals surface area contributed by atoms with E-state index in [0.29, 0.717) is 16.8 Å². The maximum absolute atomic E-state index is 9.81. The van der Waals surface area contributed by atoms with Crippen LogP contribution in [0.3, 0.4) is 0 Å². The third kappa shape index (κ3) is 8.27. The van der Waals surface area contributed by atoms with Gasteiger partial charge < -0.3 is 4.90 Å². The highest BCUT2D eigenvalue weighted by Crippen LogP contribution is 2.40. The first-order valence-corrected chi connectivity index (χ1v) is 21.7. The molecule has 0 bridgehead atoms. The Labute approximate surface area is 393 Å². The molecule has 0 aliphatic heterocycles. The fraction of sp³-hybridized carbons (Fsp3) is 0. The molecule has 11 rings (SSSR count). The van der Waals surface area contributed by atoms with Crippen LogP contribution in [-0.2, 0) is 0 Å². The maximum Gasteiger partial charge on any atom is 0.0645 e. The average Bonchev–Trinajstić information content (AvgIpc) is 3.44. The van der Waals surface area contributed by atoms with Gasteiger partial charge in [0, 0.05) is 17.1 Å². The van der Waals surface area contributed by atoms with Crippen molar-refractivity contribution >= 4 is 27.8 Å². The van der Waals surface area contributed by atoms with E-state index in [1.165, 1.54) is 4.90 Å². The summed E-state index contributed by atoms with van der Waals surface area (Å²) < 4.78 is 77.5. The summed E-state index contributed by atoms with van der Waals surface area (Å²) >= 11 is 0. The first-order chi connectivity index (χ1) is 35.5. The molecule has 11 aromatic carbocycles. The van der Waals surface area contributed by atoms with Crippen molar-refractivity contribution in [3.8, 4) is 77.9 Å². The highest BCUT2D eigenvalue weighted by molar-refractivity contribution is 5.97. The fourth-order valence-electron chi connectivity index (χ4n) is 8.49. The molecule has 0 heterocycles. The number of rotatable bonds is 10. The van der Waals surface area contributed by atoms with Gasteiger partial charge in [-0.15, -0.1) is 0 Å². The molecule has 0 N–H and O–H groups in total. The van der Waals surface area contributed by atoms with Crippen molar-refractivity contribution in [3.63, 3.8) is 0 Å². The van der Waals surface area contributed by atoms with Crippen LogP contribution in [0.25, 0.3) is 88.7 Å². The fourth-order valence-corrected chi connectivity index (χ4v) is 8.49. The molecule has 0 amide bonds. The van der Waals surface area contributed by atoms with E-state index in [9.17, 15) is 11.0 Å². The Morgan fingerprint density at radius 1 is 0.231 bits per heavy atom. The van der Waals surface area contributed by atoms with Crippen LogP contribution >= 0.6 is 0 Å². The topological polar surface area (TPSA) is 3.24 Å². The molecule has 0 atom stereocenters. The lowest BCUT2D eigenvalue weighted by Crippen LogP contribution is -2.09. The molecule has 1 nitrogen and oxygen atoms in total. The number of fused-ring (bicyclic) bond motifs is 1. The van der Waals surface area contributed by atoms with Crippen molar-refractivity contribution in [1.82, 2.24) is 0 Å². The SMILES string of the molecule is [2H]c1c([2H])c(N(c2ccc(-c3cccc(-c4cccc5ccccc45)c3)cc2)c2c([2H])c([2H])c(-c3cc(-c4ccccc4)cc(-c4ccccc4)c3)c([2H])c2[2H])c([2H])c([2H])c1-c1cccc(-c2ccccc2)c1. The van der Waals surface area contributed by atoms with Crippen LogP contribution in [0.4, 0.5) is 17.1 Å². The smallest absolute Gasteiger partial charge is 0.0645 e. The van der Waals surface area contributed by atoms with Crippen LogP contribution in [-0.4, -0.2) is 0 Å². The second-order valence-corrected chi connectivity index (χ2v) is 15.9. The van der Waals surface area contributed by atoms with Crippen LogP contribution in [0.5, 0.6) is 0 Å². The van der Waals surface area contributed by atoms with Crippen molar-refractivity contribution in [2.45, 2.75) is 0 Å². The zero-order valence-corrected chi connectivity index (χ0v) is 35.3. The van der Waals surface area contributed by atoms with Gasteiger partial charge in [0.1, 0.15) is 0 Å². The van der Waals surface area contributed by atoms with E-state index in [2.05, 4.69) is 42.5 Å². The molecule has 0 radical (unpaired) electrons. The molecule has 0 aliphatic carbocycles. The van der Waals surface area contributed by atoms with E-state index in [1.807, 2.05) is 164 Å². The summed E-state index contributed by atoms with van der Waals surface area (Å²) in [5, 5.41) is 2.27. The van der Waals surface area contributed by atoms with E-state index >= 15 is 0 Å². The largest absolute Gasteiger partial charge is 0.311 e. The molecule has 306 valence electrons. The number of benzene rings is 11. The van der Waals surface area contributed by atoms with Gasteiger partial charge in [-0.2, -0.15) is 0 Å². The Hall–Kier alpha value is -8.52. The van der Waals surface area contributed by atoms with E-state index in [0.717, 1.165) is 66.4 Å². The third-order valence-electron chi connectivity index (χ3n) is 11.8. The van der Waals surface area contributed by atoms with Gasteiger partial charge in [0.25, 0.3) is 0 Å². The van der Waals surface area contributed by atoms with Crippen LogP contribution in [0, 0.1) is 0 Å². The summed E-state index contributed by atoms with van der Waals surface area (Å²) in [7, 11) is 0. The minimum atomic E-state index is -0.411. The van der Waals surface area contributed by atoms with Gasteiger partial charge in [0.15, 0.2) is 0 Å². The van der Waals surface area contributed by atoms with Gasteiger partial charge in [-0.3, -0.25) is 0 Å². The number of hydrogen-bond donors (Lipinski definition) is 0. The summed E-state index contributed by atoms with van der Waals surface area (Å²) in [4.78, 5) is 1.36. The first-order valence-electron chi connectivity index (χ1n) is 25.7. The maximum atomic E-state index is 9.81. The van der Waals surface area contributed by atoms with E-state index in [4.69, 9.17) is 0 Å². The van der Waals surface area contributed by atoms with Crippen LogP contribution in [0.1, 0.15) is 11.0 Å². The number of nitrogens with zero attached hydrogens (tertiary/aromatic N) is 1. The number of hydrogen-bond acceptors (Lipinski definition) is 1. The quantitative estimate of drug-likeness (QED) is 0.133. The monoisotopic (exact) mass is 835 g/mol. The number of anilines is 3. The Morgan fingerprint density at radius 3 is 1.14 bits per heavy atom. The molecular formula is C64H45N. The second kappa shape index (κ2) is 17.7. The van der Waals surface area contributed by atoms with Gasteiger partial charge in [-0.1, -0.05) is 206 Å². The van der Waals surface area contributed by atoms with Crippen molar-refractivity contribution in [2.24, 2.45) is 0 Å². The zero-order chi connectivity index (χ0) is 50.3. The predicted molar refractivity (Wildman–Crippen MR) is 277 cm³/mol. The van der Waals surface area contributed by atoms with Crippen LogP contribution < -0.4 is 4.90 Å². The van der Waals surface area contributed by atoms with Gasteiger partial charge >= 0.3 is 0 Å². The standard InChI is InChI=1S/C64H45N/c1-4-15-46(16-5-1)53-23-12-24-54(41-53)49-29-35-60(36-30-49)65(61-37-31-50(32-38-61)55-25-13-26-56(42-55)64-28-14-22-52-21-10-11-27-63(52)64)62-39-33-51(34-40-62)59-44-57(47-17-6-2-7-18-47)43-58(45-59)48-19-8-3-9-20-48/h1-45H/i29D,30D,33D,34D,35D,36D,39D,40D. The summed E-state index contributed by atoms with van der Waals surface area (Å²) in [6, 6.07) is 69.6. The first kappa shape index (κ1) is 31.3. The lowest BCUT2D eigenvalue weighted by atomic mass is 9.93. The molecule has 0 fully saturated rings. The Morgan fingerprint density at radius 2 is 0.585 bits per heavy atom. The lowest BCUT2D eigenvalue weighted by molar-refractivity contribution is 1.28. The molecule has 0 aromatic heterocycles. The summed E-state index contributed by atoms with van der Waals surface area (Å²) in [6.45, 7) is 0.